The maximum Gasteiger partial charge on any atom is 0.347 e. The molecule has 150 valence electrons. The van der Waals surface area contributed by atoms with Gasteiger partial charge in [-0.05, 0) is 48.4 Å². The molecule has 29 heavy (non-hydrogen) atoms. The molecule has 0 saturated heterocycles. The number of amides is 1. The van der Waals surface area contributed by atoms with Crippen LogP contribution in [-0.2, 0) is 17.9 Å². The summed E-state index contributed by atoms with van der Waals surface area (Å²) in [5.41, 5.74) is 3.39. The van der Waals surface area contributed by atoms with Gasteiger partial charge in [0.15, 0.2) is 5.82 Å². The van der Waals surface area contributed by atoms with E-state index in [0.29, 0.717) is 27.5 Å². The molecule has 0 atom stereocenters. The van der Waals surface area contributed by atoms with Gasteiger partial charge in [0, 0.05) is 10.6 Å². The SMILES string of the molecule is Cc1c(Cn2c(-c3ccc(Cl)cc3)nn(CC(=O)NN)c2=O)cccc1C(=O)O. The van der Waals surface area contributed by atoms with E-state index in [2.05, 4.69) is 5.10 Å². The van der Waals surface area contributed by atoms with Crippen LogP contribution < -0.4 is 17.0 Å². The third kappa shape index (κ3) is 4.20. The number of aromatic carboxylic acids is 1. The molecular weight excluding hydrogens is 398 g/mol. The number of hydrogen-bond acceptors (Lipinski definition) is 5. The Hall–Kier alpha value is -3.43. The van der Waals surface area contributed by atoms with Crippen molar-refractivity contribution in [2.45, 2.75) is 20.0 Å². The summed E-state index contributed by atoms with van der Waals surface area (Å²) < 4.78 is 2.38. The van der Waals surface area contributed by atoms with Gasteiger partial charge in [-0.25, -0.2) is 20.1 Å². The van der Waals surface area contributed by atoms with Crippen LogP contribution in [0.3, 0.4) is 0 Å². The number of nitrogens with two attached hydrogens (primary N) is 1. The summed E-state index contributed by atoms with van der Waals surface area (Å²) in [5.74, 6) is 3.80. The monoisotopic (exact) mass is 415 g/mol. The number of aromatic nitrogens is 3. The summed E-state index contributed by atoms with van der Waals surface area (Å²) >= 11 is 5.94. The fourth-order valence-electron chi connectivity index (χ4n) is 2.94. The summed E-state index contributed by atoms with van der Waals surface area (Å²) in [4.78, 5) is 36.0. The maximum absolute atomic E-state index is 12.9. The third-order valence-corrected chi connectivity index (χ3v) is 4.74. The number of benzene rings is 2. The molecule has 9 nitrogen and oxygen atoms in total. The van der Waals surface area contributed by atoms with E-state index in [4.69, 9.17) is 17.4 Å². The van der Waals surface area contributed by atoms with Crippen molar-refractivity contribution in [3.63, 3.8) is 0 Å². The van der Waals surface area contributed by atoms with Gasteiger partial charge in [0.1, 0.15) is 6.54 Å². The fraction of sp³-hybridized carbons (Fsp3) is 0.158. The molecule has 1 heterocycles. The molecule has 0 unspecified atom stereocenters. The van der Waals surface area contributed by atoms with E-state index in [-0.39, 0.29) is 18.7 Å². The molecule has 0 aliphatic carbocycles. The zero-order chi connectivity index (χ0) is 21.1. The predicted octanol–water partition coefficient (Wildman–Crippen LogP) is 1.41. The van der Waals surface area contributed by atoms with Crippen LogP contribution >= 0.6 is 11.6 Å². The second kappa shape index (κ2) is 8.29. The van der Waals surface area contributed by atoms with Gasteiger partial charge in [0.25, 0.3) is 5.91 Å². The number of carbonyl (C=O) groups is 2. The van der Waals surface area contributed by atoms with E-state index in [1.54, 1.807) is 43.3 Å². The molecule has 3 aromatic rings. The van der Waals surface area contributed by atoms with Crippen LogP contribution in [0.4, 0.5) is 0 Å². The first-order valence-corrected chi connectivity index (χ1v) is 8.94. The highest BCUT2D eigenvalue weighted by Crippen LogP contribution is 2.21. The minimum absolute atomic E-state index is 0.0774. The molecule has 0 saturated carbocycles. The van der Waals surface area contributed by atoms with Gasteiger partial charge in [-0.1, -0.05) is 23.7 Å². The lowest BCUT2D eigenvalue weighted by Gasteiger charge is -2.10. The lowest BCUT2D eigenvalue weighted by molar-refractivity contribution is -0.121. The number of carboxylic acids is 1. The van der Waals surface area contributed by atoms with E-state index in [9.17, 15) is 19.5 Å². The van der Waals surface area contributed by atoms with Crippen molar-refractivity contribution in [2.75, 3.05) is 0 Å². The first-order chi connectivity index (χ1) is 13.8. The smallest absolute Gasteiger partial charge is 0.347 e. The molecule has 2 aromatic carbocycles. The molecule has 3 rings (SSSR count). The van der Waals surface area contributed by atoms with Gasteiger partial charge >= 0.3 is 11.7 Å². The third-order valence-electron chi connectivity index (χ3n) is 4.48. The van der Waals surface area contributed by atoms with E-state index in [1.165, 1.54) is 10.6 Å². The van der Waals surface area contributed by atoms with Crippen molar-refractivity contribution >= 4 is 23.5 Å². The molecule has 10 heteroatoms. The van der Waals surface area contributed by atoms with Crippen molar-refractivity contribution < 1.29 is 14.7 Å². The molecule has 0 spiro atoms. The van der Waals surface area contributed by atoms with Crippen molar-refractivity contribution in [1.29, 1.82) is 0 Å². The summed E-state index contributed by atoms with van der Waals surface area (Å²) in [6, 6.07) is 11.6. The minimum Gasteiger partial charge on any atom is -0.478 e. The molecule has 0 bridgehead atoms. The number of nitrogens with one attached hydrogen (secondary N) is 1. The van der Waals surface area contributed by atoms with Crippen LogP contribution in [0.2, 0.25) is 5.02 Å². The summed E-state index contributed by atoms with van der Waals surface area (Å²) in [5, 5.41) is 14.1. The highest BCUT2D eigenvalue weighted by Gasteiger charge is 2.19. The summed E-state index contributed by atoms with van der Waals surface area (Å²) in [6.45, 7) is 1.41. The van der Waals surface area contributed by atoms with Gasteiger partial charge in [0.05, 0.1) is 12.1 Å². The average molecular weight is 416 g/mol. The van der Waals surface area contributed by atoms with Crippen LogP contribution in [-0.4, -0.2) is 31.3 Å². The van der Waals surface area contributed by atoms with Crippen LogP contribution in [0.1, 0.15) is 21.5 Å². The van der Waals surface area contributed by atoms with Crippen molar-refractivity contribution in [3.8, 4) is 11.4 Å². The van der Waals surface area contributed by atoms with Crippen LogP contribution in [0.25, 0.3) is 11.4 Å². The Bertz CT molecular complexity index is 1130. The second-order valence-electron chi connectivity index (χ2n) is 6.32. The Kier molecular flexibility index (Phi) is 5.81. The van der Waals surface area contributed by atoms with Crippen LogP contribution in [0.15, 0.2) is 47.3 Å². The van der Waals surface area contributed by atoms with E-state index < -0.39 is 17.6 Å². The lowest BCUT2D eigenvalue weighted by atomic mass is 10.0. The Labute approximate surface area is 170 Å². The number of halogens is 1. The average Bonchev–Trinajstić information content (AvgIpc) is 2.99. The molecule has 0 aliphatic heterocycles. The number of carbonyl (C=O) groups excluding carboxylic acids is 1. The molecule has 0 fully saturated rings. The minimum atomic E-state index is -1.05. The molecule has 1 aromatic heterocycles. The normalized spacial score (nSPS) is 10.7. The second-order valence-corrected chi connectivity index (χ2v) is 6.76. The number of carboxylic acid groups (broad SMARTS) is 1. The topological polar surface area (TPSA) is 132 Å². The lowest BCUT2D eigenvalue weighted by Crippen LogP contribution is -2.37. The predicted molar refractivity (Wildman–Crippen MR) is 107 cm³/mol. The first-order valence-electron chi connectivity index (χ1n) is 8.56. The van der Waals surface area contributed by atoms with Crippen molar-refractivity contribution in [3.05, 3.63) is 74.7 Å². The molecule has 4 N–H and O–H groups in total. The Morgan fingerprint density at radius 2 is 1.90 bits per heavy atom. The summed E-state index contributed by atoms with van der Waals surface area (Å²) in [6.07, 6.45) is 0. The van der Waals surface area contributed by atoms with Gasteiger partial charge in [-0.15, -0.1) is 5.10 Å². The molecule has 1 amide bonds. The first kappa shape index (κ1) is 20.3. The maximum atomic E-state index is 12.9. The Morgan fingerprint density at radius 3 is 2.52 bits per heavy atom. The summed E-state index contributed by atoms with van der Waals surface area (Å²) in [7, 11) is 0. The highest BCUT2D eigenvalue weighted by atomic mass is 35.5. The van der Waals surface area contributed by atoms with Gasteiger partial charge in [-0.3, -0.25) is 14.8 Å². The van der Waals surface area contributed by atoms with Gasteiger partial charge in [-0.2, -0.15) is 0 Å². The molecule has 0 aliphatic rings. The number of hydrazine groups is 1. The zero-order valence-corrected chi connectivity index (χ0v) is 16.2. The van der Waals surface area contributed by atoms with Gasteiger partial charge in [0.2, 0.25) is 0 Å². The molecular formula is C19H18ClN5O4. The fourth-order valence-corrected chi connectivity index (χ4v) is 3.06. The number of rotatable bonds is 6. The van der Waals surface area contributed by atoms with Crippen molar-refractivity contribution in [1.82, 2.24) is 19.8 Å². The zero-order valence-electron chi connectivity index (χ0n) is 15.4. The van der Waals surface area contributed by atoms with Crippen molar-refractivity contribution in [2.24, 2.45) is 5.84 Å². The number of nitrogens with zero attached hydrogens (tertiary/aromatic N) is 3. The van der Waals surface area contributed by atoms with Gasteiger partial charge < -0.3 is 5.11 Å². The molecule has 0 radical (unpaired) electrons. The van der Waals surface area contributed by atoms with E-state index in [1.807, 2.05) is 5.43 Å². The Morgan fingerprint density at radius 1 is 1.21 bits per heavy atom. The highest BCUT2D eigenvalue weighted by molar-refractivity contribution is 6.30. The largest absolute Gasteiger partial charge is 0.478 e. The number of hydrogen-bond donors (Lipinski definition) is 3. The quantitative estimate of drug-likeness (QED) is 0.317. The van der Waals surface area contributed by atoms with E-state index in [0.717, 1.165) is 4.68 Å². The van der Waals surface area contributed by atoms with E-state index >= 15 is 0 Å². The van der Waals surface area contributed by atoms with Crippen LogP contribution in [0.5, 0.6) is 0 Å². The Balaban J connectivity index is 2.13. The standard InChI is InChI=1S/C19H18ClN5O4/c1-11-13(3-2-4-15(11)18(27)28)9-24-17(12-5-7-14(20)8-6-12)23-25(19(24)29)10-16(26)22-21/h2-8H,9-10,21H2,1H3,(H,22,26)(H,27,28). The van der Waals surface area contributed by atoms with Crippen LogP contribution in [0, 0.1) is 6.92 Å².